The van der Waals surface area contributed by atoms with Crippen molar-refractivity contribution in [2.24, 2.45) is 5.92 Å². The molecule has 1 aliphatic rings. The monoisotopic (exact) mass is 357 g/mol. The van der Waals surface area contributed by atoms with Crippen LogP contribution in [0.25, 0.3) is 0 Å². The summed E-state index contributed by atoms with van der Waals surface area (Å²) >= 11 is 0. The van der Waals surface area contributed by atoms with E-state index < -0.39 is 11.7 Å². The van der Waals surface area contributed by atoms with Gasteiger partial charge in [-0.25, -0.2) is 4.39 Å². The first kappa shape index (κ1) is 17.8. The van der Waals surface area contributed by atoms with Crippen LogP contribution in [-0.2, 0) is 4.79 Å². The van der Waals surface area contributed by atoms with Gasteiger partial charge in [-0.1, -0.05) is 0 Å². The van der Waals surface area contributed by atoms with Crippen molar-refractivity contribution in [2.45, 2.75) is 12.5 Å². The molecule has 136 valence electrons. The molecule has 26 heavy (non-hydrogen) atoms. The van der Waals surface area contributed by atoms with Crippen molar-refractivity contribution in [3.8, 4) is 5.75 Å². The normalized spacial score (nSPS) is 19.5. The highest BCUT2D eigenvalue weighted by Crippen LogP contribution is 2.36. The maximum Gasteiger partial charge on any atom is 0.254 e. The van der Waals surface area contributed by atoms with Crippen LogP contribution in [0.5, 0.6) is 5.75 Å². The lowest BCUT2D eigenvalue weighted by molar-refractivity contribution is -0.127. The van der Waals surface area contributed by atoms with E-state index in [1.54, 1.807) is 24.3 Å². The van der Waals surface area contributed by atoms with Crippen molar-refractivity contribution in [2.75, 3.05) is 20.7 Å². The number of aromatic nitrogens is 1. The molecule has 1 saturated heterocycles. The van der Waals surface area contributed by atoms with Gasteiger partial charge in [0.15, 0.2) is 0 Å². The van der Waals surface area contributed by atoms with E-state index >= 15 is 0 Å². The van der Waals surface area contributed by atoms with Gasteiger partial charge >= 0.3 is 0 Å². The predicted molar refractivity (Wildman–Crippen MR) is 93.1 cm³/mol. The summed E-state index contributed by atoms with van der Waals surface area (Å²) in [5, 5.41) is 2.75. The van der Waals surface area contributed by atoms with Gasteiger partial charge in [0.05, 0.1) is 18.7 Å². The molecule has 1 fully saturated rings. The molecule has 0 radical (unpaired) electrons. The van der Waals surface area contributed by atoms with E-state index in [-0.39, 0.29) is 30.0 Å². The van der Waals surface area contributed by atoms with E-state index in [0.717, 1.165) is 5.56 Å². The lowest BCUT2D eigenvalue weighted by atomic mass is 9.94. The fourth-order valence-corrected chi connectivity index (χ4v) is 3.32. The summed E-state index contributed by atoms with van der Waals surface area (Å²) in [5.41, 5.74) is 0.909. The predicted octanol–water partition coefficient (Wildman–Crippen LogP) is 2.18. The number of halogens is 1. The van der Waals surface area contributed by atoms with Crippen LogP contribution in [0.3, 0.4) is 0 Å². The summed E-state index contributed by atoms with van der Waals surface area (Å²) in [5.74, 6) is -0.894. The SMILES string of the molecule is COc1ccc(C(=O)NC[C@@H]2CC(=O)N(C)[C@H]2c2ccncc2)c(F)c1. The first-order chi connectivity index (χ1) is 12.5. The molecule has 1 N–H and O–H groups in total. The number of nitrogens with zero attached hydrogens (tertiary/aromatic N) is 2. The molecule has 2 heterocycles. The average molecular weight is 357 g/mol. The molecule has 6 nitrogen and oxygen atoms in total. The molecule has 0 unspecified atom stereocenters. The number of hydrogen-bond donors (Lipinski definition) is 1. The number of hydrogen-bond acceptors (Lipinski definition) is 4. The fraction of sp³-hybridized carbons (Fsp3) is 0.316. The molecule has 2 atom stereocenters. The van der Waals surface area contributed by atoms with Crippen LogP contribution in [0.2, 0.25) is 0 Å². The number of nitrogens with one attached hydrogen (secondary N) is 1. The van der Waals surface area contributed by atoms with Gasteiger partial charge in [0.2, 0.25) is 5.91 Å². The maximum absolute atomic E-state index is 14.0. The highest BCUT2D eigenvalue weighted by Gasteiger charge is 2.38. The number of likely N-dealkylation sites (tertiary alicyclic amines) is 1. The number of methoxy groups -OCH3 is 1. The topological polar surface area (TPSA) is 71.5 Å². The molecule has 3 rings (SSSR count). The molecule has 0 bridgehead atoms. The standard InChI is InChI=1S/C19H20FN3O3/c1-23-17(24)9-13(18(23)12-5-7-21-8-6-12)11-22-19(25)15-4-3-14(26-2)10-16(15)20/h3-8,10,13,18H,9,11H2,1-2H3,(H,22,25)/t13-,18-/m0/s1. The van der Waals surface area contributed by atoms with Gasteiger partial charge in [-0.15, -0.1) is 0 Å². The highest BCUT2D eigenvalue weighted by atomic mass is 19.1. The molecule has 2 aromatic rings. The zero-order valence-electron chi connectivity index (χ0n) is 14.6. The summed E-state index contributed by atoms with van der Waals surface area (Å²) in [7, 11) is 3.18. The number of pyridine rings is 1. The molecular formula is C19H20FN3O3. The molecule has 7 heteroatoms. The van der Waals surface area contributed by atoms with Crippen LogP contribution in [-0.4, -0.2) is 42.4 Å². The molecule has 0 aliphatic carbocycles. The van der Waals surface area contributed by atoms with Crippen LogP contribution in [0, 0.1) is 11.7 Å². The zero-order valence-corrected chi connectivity index (χ0v) is 14.6. The third-order valence-corrected chi connectivity index (χ3v) is 4.69. The number of rotatable bonds is 5. The average Bonchev–Trinajstić information content (AvgIpc) is 2.94. The minimum Gasteiger partial charge on any atom is -0.497 e. The van der Waals surface area contributed by atoms with Crippen LogP contribution >= 0.6 is 0 Å². The summed E-state index contributed by atoms with van der Waals surface area (Å²) in [4.78, 5) is 30.1. The van der Waals surface area contributed by atoms with Crippen LogP contribution < -0.4 is 10.1 Å². The van der Waals surface area contributed by atoms with Gasteiger partial charge in [-0.05, 0) is 29.8 Å². The largest absolute Gasteiger partial charge is 0.497 e. The smallest absolute Gasteiger partial charge is 0.254 e. The number of carbonyl (C=O) groups excluding carboxylic acids is 2. The number of amides is 2. The van der Waals surface area contributed by atoms with Gasteiger partial charge in [0, 0.05) is 44.4 Å². The number of ether oxygens (including phenoxy) is 1. The van der Waals surface area contributed by atoms with Crippen molar-refractivity contribution < 1.29 is 18.7 Å². The summed E-state index contributed by atoms with van der Waals surface area (Å²) in [6.07, 6.45) is 3.68. The number of carbonyl (C=O) groups is 2. The van der Waals surface area contributed by atoms with E-state index in [9.17, 15) is 14.0 Å². The highest BCUT2D eigenvalue weighted by molar-refractivity contribution is 5.94. The minimum atomic E-state index is -0.646. The fourth-order valence-electron chi connectivity index (χ4n) is 3.32. The minimum absolute atomic E-state index is 0.0155. The van der Waals surface area contributed by atoms with E-state index in [4.69, 9.17) is 4.74 Å². The van der Waals surface area contributed by atoms with E-state index in [1.165, 1.54) is 25.3 Å². The van der Waals surface area contributed by atoms with Gasteiger partial charge in [-0.3, -0.25) is 14.6 Å². The second kappa shape index (κ2) is 7.51. The molecule has 0 saturated carbocycles. The molecule has 1 aliphatic heterocycles. The summed E-state index contributed by atoms with van der Waals surface area (Å²) in [6, 6.07) is 7.66. The van der Waals surface area contributed by atoms with Crippen LogP contribution in [0.1, 0.15) is 28.4 Å². The molecule has 0 spiro atoms. The Kier molecular flexibility index (Phi) is 5.16. The van der Waals surface area contributed by atoms with Gasteiger partial charge in [0.25, 0.3) is 5.91 Å². The van der Waals surface area contributed by atoms with Gasteiger partial charge in [-0.2, -0.15) is 0 Å². The lowest BCUT2D eigenvalue weighted by Crippen LogP contribution is -2.33. The first-order valence-corrected chi connectivity index (χ1v) is 8.28. The van der Waals surface area contributed by atoms with E-state index in [0.29, 0.717) is 12.2 Å². The van der Waals surface area contributed by atoms with E-state index in [2.05, 4.69) is 10.3 Å². The van der Waals surface area contributed by atoms with Gasteiger partial charge in [0.1, 0.15) is 11.6 Å². The van der Waals surface area contributed by atoms with Crippen molar-refractivity contribution in [3.05, 3.63) is 59.7 Å². The van der Waals surface area contributed by atoms with Crippen molar-refractivity contribution in [1.82, 2.24) is 15.2 Å². The molecule has 1 aromatic heterocycles. The lowest BCUT2D eigenvalue weighted by Gasteiger charge is -2.25. The molecule has 1 aromatic carbocycles. The Morgan fingerprint density at radius 1 is 1.35 bits per heavy atom. The van der Waals surface area contributed by atoms with Crippen LogP contribution in [0.15, 0.2) is 42.7 Å². The Hall–Kier alpha value is -2.96. The molecule has 2 amide bonds. The Balaban J connectivity index is 1.71. The quantitative estimate of drug-likeness (QED) is 0.890. The Morgan fingerprint density at radius 3 is 2.73 bits per heavy atom. The second-order valence-corrected chi connectivity index (χ2v) is 6.25. The first-order valence-electron chi connectivity index (χ1n) is 8.28. The summed E-state index contributed by atoms with van der Waals surface area (Å²) in [6.45, 7) is 0.271. The van der Waals surface area contributed by atoms with Crippen molar-refractivity contribution >= 4 is 11.8 Å². The van der Waals surface area contributed by atoms with Gasteiger partial charge < -0.3 is 15.0 Å². The third kappa shape index (κ3) is 3.51. The van der Waals surface area contributed by atoms with Crippen LogP contribution in [0.4, 0.5) is 4.39 Å². The number of benzene rings is 1. The maximum atomic E-state index is 14.0. The Labute approximate surface area is 151 Å². The summed E-state index contributed by atoms with van der Waals surface area (Å²) < 4.78 is 19.0. The molecular weight excluding hydrogens is 337 g/mol. The van der Waals surface area contributed by atoms with Crippen molar-refractivity contribution in [1.29, 1.82) is 0 Å². The van der Waals surface area contributed by atoms with Crippen molar-refractivity contribution in [3.63, 3.8) is 0 Å². The Bertz CT molecular complexity index is 813. The Morgan fingerprint density at radius 2 is 2.08 bits per heavy atom. The van der Waals surface area contributed by atoms with E-state index in [1.807, 2.05) is 12.1 Å². The second-order valence-electron chi connectivity index (χ2n) is 6.25. The zero-order chi connectivity index (χ0) is 18.7. The third-order valence-electron chi connectivity index (χ3n) is 4.69.